The zero-order valence-electron chi connectivity index (χ0n) is 6.14. The molecule has 0 amide bonds. The molecule has 6 heteroatoms. The van der Waals surface area contributed by atoms with Crippen LogP contribution in [-0.4, -0.2) is 4.98 Å². The predicted octanol–water partition coefficient (Wildman–Crippen LogP) is 1.95. The van der Waals surface area contributed by atoms with Crippen molar-refractivity contribution < 1.29 is 8.78 Å². The van der Waals surface area contributed by atoms with Crippen LogP contribution < -0.4 is 5.56 Å². The largest absolute Gasteiger partial charge is 0.316 e. The van der Waals surface area contributed by atoms with Crippen molar-refractivity contribution in [2.75, 3.05) is 0 Å². The summed E-state index contributed by atoms with van der Waals surface area (Å²) in [5.41, 5.74) is -2.04. The summed E-state index contributed by atoms with van der Waals surface area (Å²) in [6, 6.07) is 2.67. The molecule has 0 saturated carbocycles. The van der Waals surface area contributed by atoms with Gasteiger partial charge in [-0.15, -0.1) is 0 Å². The zero-order valence-corrected chi connectivity index (χ0v) is 7.73. The number of halogens is 3. The Kier molecular flexibility index (Phi) is 2.78. The summed E-state index contributed by atoms with van der Waals surface area (Å²) >= 11 is 2.89. The van der Waals surface area contributed by atoms with Crippen LogP contribution in [0.4, 0.5) is 8.78 Å². The van der Waals surface area contributed by atoms with Gasteiger partial charge in [0.1, 0.15) is 5.56 Å². The van der Waals surface area contributed by atoms with E-state index in [0.29, 0.717) is 0 Å². The number of hydrogen-bond acceptors (Lipinski definition) is 2. The summed E-state index contributed by atoms with van der Waals surface area (Å²) in [5, 5.41) is 8.46. The molecule has 3 nitrogen and oxygen atoms in total. The van der Waals surface area contributed by atoms with Gasteiger partial charge in [0.25, 0.3) is 12.0 Å². The minimum absolute atomic E-state index is 0.207. The SMILES string of the molecule is N#Cc1cc(Br)[nH]c(=O)c1C(F)F. The van der Waals surface area contributed by atoms with Crippen molar-refractivity contribution in [3.63, 3.8) is 0 Å². The number of nitrogens with zero attached hydrogens (tertiary/aromatic N) is 1. The highest BCUT2D eigenvalue weighted by molar-refractivity contribution is 9.10. The smallest absolute Gasteiger partial charge is 0.270 e. The Morgan fingerprint density at radius 2 is 2.23 bits per heavy atom. The molecule has 0 aromatic carbocycles. The predicted molar refractivity (Wildman–Crippen MR) is 44.4 cm³/mol. The molecule has 0 saturated heterocycles. The second-order valence-corrected chi connectivity index (χ2v) is 3.04. The quantitative estimate of drug-likeness (QED) is 0.773. The van der Waals surface area contributed by atoms with Crippen molar-refractivity contribution in [3.8, 4) is 6.07 Å². The van der Waals surface area contributed by atoms with Gasteiger partial charge >= 0.3 is 0 Å². The topological polar surface area (TPSA) is 56.6 Å². The molecule has 1 rings (SSSR count). The highest BCUT2D eigenvalue weighted by atomic mass is 79.9. The number of nitriles is 1. The summed E-state index contributed by atoms with van der Waals surface area (Å²) in [4.78, 5) is 13.1. The molecule has 0 unspecified atom stereocenters. The lowest BCUT2D eigenvalue weighted by molar-refractivity contribution is 0.149. The van der Waals surface area contributed by atoms with Crippen LogP contribution in [-0.2, 0) is 0 Å². The molecule has 0 spiro atoms. The maximum absolute atomic E-state index is 12.2. The van der Waals surface area contributed by atoms with E-state index in [-0.39, 0.29) is 10.2 Å². The third-order valence-electron chi connectivity index (χ3n) is 1.38. The number of rotatable bonds is 1. The first-order valence-electron chi connectivity index (χ1n) is 3.17. The molecule has 1 aromatic heterocycles. The Labute approximate surface area is 80.1 Å². The monoisotopic (exact) mass is 248 g/mol. The molecule has 68 valence electrons. The minimum Gasteiger partial charge on any atom is -0.316 e. The molecule has 1 heterocycles. The Hall–Kier alpha value is -1.22. The van der Waals surface area contributed by atoms with E-state index in [1.807, 2.05) is 0 Å². The van der Waals surface area contributed by atoms with Crippen molar-refractivity contribution >= 4 is 15.9 Å². The van der Waals surface area contributed by atoms with Crippen LogP contribution >= 0.6 is 15.9 Å². The van der Waals surface area contributed by atoms with Crippen molar-refractivity contribution in [1.82, 2.24) is 4.98 Å². The summed E-state index contributed by atoms with van der Waals surface area (Å²) in [6.45, 7) is 0. The molecule has 13 heavy (non-hydrogen) atoms. The Bertz CT molecular complexity index is 421. The zero-order chi connectivity index (χ0) is 10.0. The van der Waals surface area contributed by atoms with E-state index in [1.165, 1.54) is 6.07 Å². The Morgan fingerprint density at radius 3 is 2.69 bits per heavy atom. The van der Waals surface area contributed by atoms with Crippen molar-refractivity contribution in [3.05, 3.63) is 32.2 Å². The average molecular weight is 249 g/mol. The molecule has 1 N–H and O–H groups in total. The number of aromatic nitrogens is 1. The van der Waals surface area contributed by atoms with Crippen LogP contribution in [0.3, 0.4) is 0 Å². The molecule has 0 aliphatic carbocycles. The van der Waals surface area contributed by atoms with Crippen molar-refractivity contribution in [2.45, 2.75) is 6.43 Å². The molecule has 1 aromatic rings. The molecule has 0 atom stereocenters. The van der Waals surface area contributed by atoms with Crippen molar-refractivity contribution in [2.24, 2.45) is 0 Å². The van der Waals surface area contributed by atoms with E-state index in [4.69, 9.17) is 5.26 Å². The second-order valence-electron chi connectivity index (χ2n) is 2.19. The molecule has 0 aliphatic heterocycles. The maximum Gasteiger partial charge on any atom is 0.270 e. The normalized spacial score (nSPS) is 10.1. The van der Waals surface area contributed by atoms with Gasteiger partial charge in [-0.3, -0.25) is 4.79 Å². The fraction of sp³-hybridized carbons (Fsp3) is 0.143. The number of H-pyrrole nitrogens is 1. The van der Waals surface area contributed by atoms with E-state index in [0.717, 1.165) is 6.07 Å². The number of alkyl halides is 2. The van der Waals surface area contributed by atoms with Gasteiger partial charge in [-0.25, -0.2) is 8.78 Å². The van der Waals surface area contributed by atoms with Crippen LogP contribution in [0.2, 0.25) is 0 Å². The Morgan fingerprint density at radius 1 is 1.62 bits per heavy atom. The average Bonchev–Trinajstić information content (AvgIpc) is 2.01. The lowest BCUT2D eigenvalue weighted by atomic mass is 10.1. The van der Waals surface area contributed by atoms with Gasteiger partial charge in [0.05, 0.1) is 16.2 Å². The third-order valence-corrected chi connectivity index (χ3v) is 1.80. The van der Waals surface area contributed by atoms with E-state index in [1.54, 1.807) is 0 Å². The van der Waals surface area contributed by atoms with Gasteiger partial charge in [-0.2, -0.15) is 5.26 Å². The van der Waals surface area contributed by atoms with Gasteiger partial charge in [-0.05, 0) is 22.0 Å². The first-order chi connectivity index (χ1) is 6.06. The first-order valence-corrected chi connectivity index (χ1v) is 3.96. The van der Waals surface area contributed by atoms with Crippen molar-refractivity contribution in [1.29, 1.82) is 5.26 Å². The van der Waals surface area contributed by atoms with E-state index >= 15 is 0 Å². The van der Waals surface area contributed by atoms with E-state index in [2.05, 4.69) is 20.9 Å². The standard InChI is InChI=1S/C7H3BrF2N2O/c8-4-1-3(2-11)5(6(9)10)7(13)12-4/h1,6H,(H,12,13). The van der Waals surface area contributed by atoms with E-state index in [9.17, 15) is 13.6 Å². The van der Waals surface area contributed by atoms with Gasteiger partial charge in [0, 0.05) is 0 Å². The number of aromatic amines is 1. The number of nitrogens with one attached hydrogen (secondary N) is 1. The van der Waals surface area contributed by atoms with Crippen LogP contribution in [0.5, 0.6) is 0 Å². The fourth-order valence-electron chi connectivity index (χ4n) is 0.848. The van der Waals surface area contributed by atoms with Crippen LogP contribution in [0, 0.1) is 11.3 Å². The molecule has 0 radical (unpaired) electrons. The molecular formula is C7H3BrF2N2O. The van der Waals surface area contributed by atoms with Gasteiger partial charge in [0.15, 0.2) is 0 Å². The summed E-state index contributed by atoms with van der Waals surface area (Å²) in [5.74, 6) is 0. The second kappa shape index (κ2) is 3.66. The molecular weight excluding hydrogens is 246 g/mol. The highest BCUT2D eigenvalue weighted by Gasteiger charge is 2.17. The highest BCUT2D eigenvalue weighted by Crippen LogP contribution is 2.19. The fourth-order valence-corrected chi connectivity index (χ4v) is 1.26. The molecule has 0 fully saturated rings. The number of hydrogen-bond donors (Lipinski definition) is 1. The molecule has 0 aliphatic rings. The van der Waals surface area contributed by atoms with Gasteiger partial charge in [-0.1, -0.05) is 0 Å². The maximum atomic E-state index is 12.2. The lowest BCUT2D eigenvalue weighted by Crippen LogP contribution is -2.15. The van der Waals surface area contributed by atoms with Crippen LogP contribution in [0.25, 0.3) is 0 Å². The van der Waals surface area contributed by atoms with Crippen LogP contribution in [0.15, 0.2) is 15.5 Å². The summed E-state index contributed by atoms with van der Waals surface area (Å²) < 4.78 is 24.6. The summed E-state index contributed by atoms with van der Waals surface area (Å²) in [6.07, 6.45) is -2.94. The lowest BCUT2D eigenvalue weighted by Gasteiger charge is -2.00. The Balaban J connectivity index is 3.51. The van der Waals surface area contributed by atoms with Crippen LogP contribution in [0.1, 0.15) is 17.6 Å². The number of pyridine rings is 1. The third kappa shape index (κ3) is 1.92. The summed E-state index contributed by atoms with van der Waals surface area (Å²) in [7, 11) is 0. The minimum atomic E-state index is -2.94. The van der Waals surface area contributed by atoms with E-state index < -0.39 is 17.5 Å². The van der Waals surface area contributed by atoms with Gasteiger partial charge in [0.2, 0.25) is 0 Å². The van der Waals surface area contributed by atoms with Gasteiger partial charge < -0.3 is 4.98 Å². The molecule has 0 bridgehead atoms. The first kappa shape index (κ1) is 9.86.